The molecule has 8 atom stereocenters. The Balaban J connectivity index is 1.63. The number of esters is 1. The average molecular weight is 495 g/mol. The fourth-order valence-electron chi connectivity index (χ4n) is 8.05. The maximum atomic E-state index is 17.3. The van der Waals surface area contributed by atoms with E-state index in [1.54, 1.807) is 20.8 Å². The van der Waals surface area contributed by atoms with E-state index in [1.165, 1.54) is 26.0 Å². The van der Waals surface area contributed by atoms with Crippen LogP contribution in [0.4, 0.5) is 8.78 Å². The van der Waals surface area contributed by atoms with Crippen LogP contribution in [0.25, 0.3) is 0 Å². The monoisotopic (exact) mass is 494 g/mol. The molecule has 0 radical (unpaired) electrons. The molecule has 0 aromatic heterocycles. The van der Waals surface area contributed by atoms with Crippen LogP contribution in [0.5, 0.6) is 0 Å². The van der Waals surface area contributed by atoms with Crippen molar-refractivity contribution in [2.24, 2.45) is 22.7 Å². The van der Waals surface area contributed by atoms with Crippen LogP contribution in [-0.2, 0) is 28.6 Å². The zero-order chi connectivity index (χ0) is 25.8. The van der Waals surface area contributed by atoms with Gasteiger partial charge in [0.25, 0.3) is 0 Å². The molecule has 0 bridgehead atoms. The number of carbonyl (C=O) groups excluding carboxylic acids is 3. The standard InChI is InChI=1S/C26H32F2O7/c1-13(29)33-12-20(32)26-21(34-22(2,3)35-26)10-15-16-9-18(27)17-8-14(30)6-7-23(17,4)25(16,28)19(31)11-24(15,26)5/h6-7,15-16,19,21,31H,8-12H2,1-5H3/t15-,16-,19-,21+,23-,24-,25-,26+/m0/s1. The van der Waals surface area contributed by atoms with Crippen molar-refractivity contribution in [1.29, 1.82) is 0 Å². The highest BCUT2D eigenvalue weighted by Crippen LogP contribution is 2.72. The predicted molar refractivity (Wildman–Crippen MR) is 118 cm³/mol. The Bertz CT molecular complexity index is 1080. The van der Waals surface area contributed by atoms with Crippen molar-refractivity contribution in [1.82, 2.24) is 0 Å². The lowest BCUT2D eigenvalue weighted by molar-refractivity contribution is -0.244. The van der Waals surface area contributed by atoms with Gasteiger partial charge in [-0.2, -0.15) is 0 Å². The molecule has 5 rings (SSSR count). The predicted octanol–water partition coefficient (Wildman–Crippen LogP) is 3.29. The third-order valence-electron chi connectivity index (χ3n) is 9.47. The second kappa shape index (κ2) is 7.29. The van der Waals surface area contributed by atoms with Crippen LogP contribution in [-0.4, -0.2) is 58.5 Å². The van der Waals surface area contributed by atoms with Gasteiger partial charge < -0.3 is 19.3 Å². The highest BCUT2D eigenvalue weighted by Gasteiger charge is 2.80. The lowest BCUT2D eigenvalue weighted by Crippen LogP contribution is -2.70. The molecule has 35 heavy (non-hydrogen) atoms. The summed E-state index contributed by atoms with van der Waals surface area (Å²) >= 11 is 0. The third-order valence-corrected chi connectivity index (χ3v) is 9.47. The van der Waals surface area contributed by atoms with Gasteiger partial charge in [-0.15, -0.1) is 0 Å². The molecule has 1 heterocycles. The largest absolute Gasteiger partial charge is 0.458 e. The number of hydrogen-bond acceptors (Lipinski definition) is 7. The maximum absolute atomic E-state index is 17.3. The molecule has 1 aliphatic heterocycles. The number of allylic oxidation sites excluding steroid dienone is 4. The van der Waals surface area contributed by atoms with E-state index in [-0.39, 0.29) is 37.0 Å². The first-order valence-electron chi connectivity index (χ1n) is 12.1. The van der Waals surface area contributed by atoms with Gasteiger partial charge in [0.1, 0.15) is 5.83 Å². The maximum Gasteiger partial charge on any atom is 0.303 e. The lowest BCUT2D eigenvalue weighted by atomic mass is 9.45. The van der Waals surface area contributed by atoms with Crippen molar-refractivity contribution < 1.29 is 42.5 Å². The van der Waals surface area contributed by atoms with Gasteiger partial charge in [-0.3, -0.25) is 14.4 Å². The molecule has 0 aromatic rings. The first-order chi connectivity index (χ1) is 16.1. The summed E-state index contributed by atoms with van der Waals surface area (Å²) in [7, 11) is 0. The van der Waals surface area contributed by atoms with Crippen molar-refractivity contribution >= 4 is 17.5 Å². The Morgan fingerprint density at radius 3 is 2.57 bits per heavy atom. The zero-order valence-corrected chi connectivity index (χ0v) is 20.7. The van der Waals surface area contributed by atoms with Crippen LogP contribution in [0.3, 0.4) is 0 Å². The third kappa shape index (κ3) is 2.95. The minimum atomic E-state index is -2.26. The van der Waals surface area contributed by atoms with Crippen LogP contribution in [0, 0.1) is 22.7 Å². The fourth-order valence-corrected chi connectivity index (χ4v) is 8.05. The van der Waals surface area contributed by atoms with E-state index < -0.39 is 76.1 Å². The van der Waals surface area contributed by atoms with E-state index in [1.807, 2.05) is 0 Å². The summed E-state index contributed by atoms with van der Waals surface area (Å²) in [4.78, 5) is 37.1. The normalized spacial score (nSPS) is 47.6. The van der Waals surface area contributed by atoms with Crippen LogP contribution >= 0.6 is 0 Å². The first kappa shape index (κ1) is 24.7. The minimum absolute atomic E-state index is 0.0823. The summed E-state index contributed by atoms with van der Waals surface area (Å²) in [6.45, 7) is 7.28. The summed E-state index contributed by atoms with van der Waals surface area (Å²) in [5, 5.41) is 11.5. The number of hydrogen-bond donors (Lipinski definition) is 1. The number of Topliss-reactive ketones (excluding diaryl/α,β-unsaturated/α-hetero) is 1. The van der Waals surface area contributed by atoms with Gasteiger partial charge in [0.2, 0.25) is 5.78 Å². The Kier molecular flexibility index (Phi) is 5.15. The molecule has 0 unspecified atom stereocenters. The molecule has 9 heteroatoms. The summed E-state index contributed by atoms with van der Waals surface area (Å²) in [6.07, 6.45) is -0.125. The average Bonchev–Trinajstić information content (AvgIpc) is 3.16. The van der Waals surface area contributed by atoms with Crippen molar-refractivity contribution in [3.63, 3.8) is 0 Å². The Morgan fingerprint density at radius 2 is 1.91 bits per heavy atom. The van der Waals surface area contributed by atoms with Crippen molar-refractivity contribution in [3.05, 3.63) is 23.6 Å². The highest BCUT2D eigenvalue weighted by atomic mass is 19.1. The van der Waals surface area contributed by atoms with E-state index >= 15 is 8.78 Å². The number of fused-ring (bicyclic) bond motifs is 7. The minimum Gasteiger partial charge on any atom is -0.458 e. The lowest BCUT2D eigenvalue weighted by Gasteiger charge is -2.62. The van der Waals surface area contributed by atoms with Crippen LogP contribution in [0.15, 0.2) is 23.6 Å². The molecule has 1 N–H and O–H groups in total. The quantitative estimate of drug-likeness (QED) is 0.601. The van der Waals surface area contributed by atoms with Crippen molar-refractivity contribution in [2.45, 2.75) is 89.6 Å². The van der Waals surface area contributed by atoms with Gasteiger partial charge in [0, 0.05) is 36.5 Å². The van der Waals surface area contributed by atoms with E-state index in [0.717, 1.165) is 0 Å². The molecule has 0 aromatic carbocycles. The smallest absolute Gasteiger partial charge is 0.303 e. The number of rotatable bonds is 3. The SMILES string of the molecule is CC(=O)OCC(=O)[C@@]12OC(C)(C)O[C@@H]1C[C@H]1[C@@H]3CC(F)=C4CC(=O)C=C[C@]4(C)[C@@]3(F)[C@@H](O)C[C@@]12C. The van der Waals surface area contributed by atoms with Crippen molar-refractivity contribution in [2.75, 3.05) is 6.61 Å². The van der Waals surface area contributed by atoms with E-state index in [0.29, 0.717) is 0 Å². The summed E-state index contributed by atoms with van der Waals surface area (Å²) in [6, 6.07) is 0. The van der Waals surface area contributed by atoms with Gasteiger partial charge in [-0.25, -0.2) is 8.78 Å². The molecule has 2 saturated carbocycles. The Labute approximate surface area is 202 Å². The summed E-state index contributed by atoms with van der Waals surface area (Å²) < 4.78 is 50.3. The van der Waals surface area contributed by atoms with Gasteiger partial charge >= 0.3 is 5.97 Å². The number of aliphatic hydroxyl groups excluding tert-OH is 1. The second-order valence-electron chi connectivity index (χ2n) is 11.7. The highest BCUT2D eigenvalue weighted by molar-refractivity contribution is 5.94. The van der Waals surface area contributed by atoms with Crippen LogP contribution in [0.2, 0.25) is 0 Å². The molecule has 5 aliphatic rings. The van der Waals surface area contributed by atoms with Crippen LogP contribution in [0.1, 0.15) is 60.3 Å². The summed E-state index contributed by atoms with van der Waals surface area (Å²) in [5.41, 5.74) is -6.39. The van der Waals surface area contributed by atoms with Gasteiger partial charge in [-0.05, 0) is 51.2 Å². The Morgan fingerprint density at radius 1 is 1.23 bits per heavy atom. The number of alkyl halides is 1. The van der Waals surface area contributed by atoms with Crippen LogP contribution < -0.4 is 0 Å². The molecular formula is C26H32F2O7. The number of carbonyl (C=O) groups is 3. The molecule has 7 nitrogen and oxygen atoms in total. The van der Waals surface area contributed by atoms with Gasteiger partial charge in [-0.1, -0.05) is 13.0 Å². The van der Waals surface area contributed by atoms with E-state index in [9.17, 15) is 19.5 Å². The van der Waals surface area contributed by atoms with Crippen molar-refractivity contribution in [3.8, 4) is 0 Å². The zero-order valence-electron chi connectivity index (χ0n) is 20.7. The van der Waals surface area contributed by atoms with E-state index in [4.69, 9.17) is 14.2 Å². The molecule has 192 valence electrons. The Hall–Kier alpha value is -1.97. The molecule has 0 amide bonds. The van der Waals surface area contributed by atoms with E-state index in [2.05, 4.69) is 0 Å². The number of ether oxygens (including phenoxy) is 3. The second-order valence-corrected chi connectivity index (χ2v) is 11.7. The topological polar surface area (TPSA) is 99.1 Å². The first-order valence-corrected chi connectivity index (χ1v) is 12.1. The molecule has 0 spiro atoms. The number of ketones is 2. The molecule has 3 fully saturated rings. The number of halogens is 2. The fraction of sp³-hybridized carbons (Fsp3) is 0.731. The summed E-state index contributed by atoms with van der Waals surface area (Å²) in [5.74, 6) is -4.69. The van der Waals surface area contributed by atoms with Gasteiger partial charge in [0.05, 0.1) is 12.2 Å². The molecular weight excluding hydrogens is 462 g/mol. The van der Waals surface area contributed by atoms with Gasteiger partial charge in [0.15, 0.2) is 29.4 Å². The molecule has 4 aliphatic carbocycles. The molecule has 1 saturated heterocycles. The number of aliphatic hydroxyl groups is 1.